The van der Waals surface area contributed by atoms with Crippen LogP contribution in [0.5, 0.6) is 0 Å². The lowest BCUT2D eigenvalue weighted by Crippen LogP contribution is -2.34. The summed E-state index contributed by atoms with van der Waals surface area (Å²) in [5.41, 5.74) is 3.65. The molecule has 3 rings (SSSR count). The Kier molecular flexibility index (Phi) is 6.33. The van der Waals surface area contributed by atoms with Crippen LogP contribution in [-0.2, 0) is 20.7 Å². The molecule has 0 fully saturated rings. The molecular formula is C21H23N5O3. The van der Waals surface area contributed by atoms with Gasteiger partial charge in [-0.3, -0.25) is 4.79 Å². The van der Waals surface area contributed by atoms with Gasteiger partial charge in [0.2, 0.25) is 0 Å². The molecule has 0 unspecified atom stereocenters. The lowest BCUT2D eigenvalue weighted by atomic mass is 10.1. The number of tetrazole rings is 1. The first-order chi connectivity index (χ1) is 13.9. The highest BCUT2D eigenvalue weighted by molar-refractivity contribution is 5.95. The Hall–Kier alpha value is -3.55. The Balaban J connectivity index is 1.68. The van der Waals surface area contributed by atoms with E-state index in [1.165, 1.54) is 17.9 Å². The minimum absolute atomic E-state index is 0.343. The largest absolute Gasteiger partial charge is 0.451 e. The number of hydrogen-bond acceptors (Lipinski definition) is 6. The maximum Gasteiger partial charge on any atom is 0.332 e. The van der Waals surface area contributed by atoms with E-state index in [0.29, 0.717) is 12.1 Å². The molecule has 150 valence electrons. The number of nitrogens with zero attached hydrogens (tertiary/aromatic N) is 4. The van der Waals surface area contributed by atoms with Crippen LogP contribution >= 0.6 is 0 Å². The fraction of sp³-hybridized carbons (Fsp3) is 0.286. The Morgan fingerprint density at radius 2 is 1.90 bits per heavy atom. The van der Waals surface area contributed by atoms with Gasteiger partial charge < -0.3 is 10.1 Å². The number of hydrogen-bond donors (Lipinski definition) is 1. The summed E-state index contributed by atoms with van der Waals surface area (Å²) in [5, 5.41) is 13.8. The van der Waals surface area contributed by atoms with Crippen molar-refractivity contribution in [1.29, 1.82) is 0 Å². The molecule has 0 saturated heterocycles. The minimum atomic E-state index is -0.974. The van der Waals surface area contributed by atoms with Crippen molar-refractivity contribution >= 4 is 17.6 Å². The van der Waals surface area contributed by atoms with E-state index in [1.54, 1.807) is 0 Å². The van der Waals surface area contributed by atoms with Gasteiger partial charge >= 0.3 is 5.97 Å². The van der Waals surface area contributed by atoms with Crippen LogP contribution in [0.3, 0.4) is 0 Å². The zero-order valence-corrected chi connectivity index (χ0v) is 16.6. The smallest absolute Gasteiger partial charge is 0.332 e. The molecule has 0 spiro atoms. The maximum absolute atomic E-state index is 12.8. The van der Waals surface area contributed by atoms with Crippen LogP contribution in [0.1, 0.15) is 29.7 Å². The molecule has 1 N–H and O–H groups in total. The molecule has 1 heterocycles. The van der Waals surface area contributed by atoms with Crippen LogP contribution < -0.4 is 5.32 Å². The normalized spacial score (nSPS) is 12.8. The molecule has 0 aliphatic carbocycles. The quantitative estimate of drug-likeness (QED) is 0.620. The number of aryl methyl sites for hydroxylation is 2. The molecule has 0 aliphatic heterocycles. The van der Waals surface area contributed by atoms with Crippen molar-refractivity contribution in [3.63, 3.8) is 0 Å². The first-order valence-corrected chi connectivity index (χ1v) is 9.29. The average molecular weight is 393 g/mol. The van der Waals surface area contributed by atoms with E-state index in [0.717, 1.165) is 16.7 Å². The predicted molar refractivity (Wildman–Crippen MR) is 107 cm³/mol. The molecule has 0 saturated carbocycles. The van der Waals surface area contributed by atoms with E-state index in [2.05, 4.69) is 20.8 Å². The highest BCUT2D eigenvalue weighted by atomic mass is 16.5. The molecular weight excluding hydrogens is 370 g/mol. The number of carbonyl (C=O) groups is 2. The third kappa shape index (κ3) is 5.25. The first kappa shape index (κ1) is 20.2. The van der Waals surface area contributed by atoms with Crippen LogP contribution in [0.25, 0.3) is 0 Å². The van der Waals surface area contributed by atoms with Crippen molar-refractivity contribution < 1.29 is 14.3 Å². The van der Waals surface area contributed by atoms with Gasteiger partial charge in [0.1, 0.15) is 6.33 Å². The molecule has 8 nitrogen and oxygen atoms in total. The highest BCUT2D eigenvalue weighted by Crippen LogP contribution is 2.18. The lowest BCUT2D eigenvalue weighted by molar-refractivity contribution is -0.156. The Labute approximate surface area is 168 Å². The number of carbonyl (C=O) groups excluding carboxylic acids is 2. The van der Waals surface area contributed by atoms with Crippen molar-refractivity contribution in [2.24, 2.45) is 0 Å². The summed E-state index contributed by atoms with van der Waals surface area (Å²) in [6.07, 6.45) is 0.726. The molecule has 2 aromatic carbocycles. The number of anilines is 1. The standard InChI is InChI=1S/C21H23N5O3/c1-14-9-10-18(15(2)11-14)23-20(27)16(3)29-21(28)19(26-13-22-24-25-26)12-17-7-5-4-6-8-17/h4-11,13,16,19H,12H2,1-3H3,(H,23,27)/t16-,19+/m0/s1. The zero-order chi connectivity index (χ0) is 20.8. The second-order valence-electron chi connectivity index (χ2n) is 6.88. The Bertz CT molecular complexity index is 973. The van der Waals surface area contributed by atoms with Gasteiger partial charge in [-0.15, -0.1) is 5.10 Å². The number of aromatic nitrogens is 4. The fourth-order valence-electron chi connectivity index (χ4n) is 2.93. The lowest BCUT2D eigenvalue weighted by Gasteiger charge is -2.19. The summed E-state index contributed by atoms with van der Waals surface area (Å²) >= 11 is 0. The molecule has 0 aliphatic rings. The van der Waals surface area contributed by atoms with Gasteiger partial charge in [0.15, 0.2) is 12.1 Å². The SMILES string of the molecule is Cc1ccc(NC(=O)[C@H](C)OC(=O)[C@@H](Cc2ccccc2)n2cnnn2)c(C)c1. The van der Waals surface area contributed by atoms with Gasteiger partial charge in [0.05, 0.1) is 0 Å². The topological polar surface area (TPSA) is 99.0 Å². The predicted octanol–water partition coefficient (Wildman–Crippen LogP) is 2.64. The number of esters is 1. The third-order valence-electron chi connectivity index (χ3n) is 4.53. The van der Waals surface area contributed by atoms with Gasteiger partial charge in [0.25, 0.3) is 5.91 Å². The maximum atomic E-state index is 12.8. The summed E-state index contributed by atoms with van der Waals surface area (Å²) < 4.78 is 6.78. The van der Waals surface area contributed by atoms with Crippen molar-refractivity contribution in [2.45, 2.75) is 39.3 Å². The van der Waals surface area contributed by atoms with E-state index in [-0.39, 0.29) is 0 Å². The van der Waals surface area contributed by atoms with Crippen LogP contribution in [0, 0.1) is 13.8 Å². The Morgan fingerprint density at radius 1 is 1.14 bits per heavy atom. The van der Waals surface area contributed by atoms with E-state index >= 15 is 0 Å². The Morgan fingerprint density at radius 3 is 2.55 bits per heavy atom. The summed E-state index contributed by atoms with van der Waals surface area (Å²) in [7, 11) is 0. The third-order valence-corrected chi connectivity index (χ3v) is 4.53. The number of ether oxygens (including phenoxy) is 1. The number of rotatable bonds is 7. The second-order valence-corrected chi connectivity index (χ2v) is 6.88. The minimum Gasteiger partial charge on any atom is -0.451 e. The van der Waals surface area contributed by atoms with Crippen LogP contribution in [0.4, 0.5) is 5.69 Å². The molecule has 2 atom stereocenters. The number of nitrogens with one attached hydrogen (secondary N) is 1. The molecule has 3 aromatic rings. The molecule has 1 amide bonds. The summed E-state index contributed by atoms with van der Waals surface area (Å²) in [5.74, 6) is -0.982. The number of benzene rings is 2. The fourth-order valence-corrected chi connectivity index (χ4v) is 2.93. The molecule has 8 heteroatoms. The van der Waals surface area contributed by atoms with Crippen molar-refractivity contribution in [3.05, 3.63) is 71.5 Å². The second kappa shape index (κ2) is 9.09. The molecule has 0 bridgehead atoms. The van der Waals surface area contributed by atoms with Gasteiger partial charge in [-0.2, -0.15) is 0 Å². The monoisotopic (exact) mass is 393 g/mol. The summed E-state index contributed by atoms with van der Waals surface area (Å²) in [6.45, 7) is 5.43. The molecule has 0 radical (unpaired) electrons. The van der Waals surface area contributed by atoms with Gasteiger partial charge in [-0.25, -0.2) is 9.48 Å². The van der Waals surface area contributed by atoms with Crippen molar-refractivity contribution in [1.82, 2.24) is 20.2 Å². The molecule has 1 aromatic heterocycles. The van der Waals surface area contributed by atoms with E-state index < -0.39 is 24.0 Å². The van der Waals surface area contributed by atoms with E-state index in [4.69, 9.17) is 4.74 Å². The molecule has 29 heavy (non-hydrogen) atoms. The average Bonchev–Trinajstić information content (AvgIpc) is 3.23. The van der Waals surface area contributed by atoms with Crippen LogP contribution in [0.15, 0.2) is 54.9 Å². The van der Waals surface area contributed by atoms with Gasteiger partial charge in [0, 0.05) is 12.1 Å². The summed E-state index contributed by atoms with van der Waals surface area (Å²) in [6, 6.07) is 14.4. The van der Waals surface area contributed by atoms with E-state index in [9.17, 15) is 9.59 Å². The van der Waals surface area contributed by atoms with Gasteiger partial charge in [-0.1, -0.05) is 48.0 Å². The van der Waals surface area contributed by atoms with Crippen molar-refractivity contribution in [3.8, 4) is 0 Å². The summed E-state index contributed by atoms with van der Waals surface area (Å²) in [4.78, 5) is 25.3. The highest BCUT2D eigenvalue weighted by Gasteiger charge is 2.28. The van der Waals surface area contributed by atoms with E-state index in [1.807, 2.05) is 62.4 Å². The van der Waals surface area contributed by atoms with Crippen LogP contribution in [-0.4, -0.2) is 38.2 Å². The van der Waals surface area contributed by atoms with Gasteiger partial charge in [-0.05, 0) is 48.4 Å². The van der Waals surface area contributed by atoms with Crippen LogP contribution in [0.2, 0.25) is 0 Å². The number of amides is 1. The zero-order valence-electron chi connectivity index (χ0n) is 16.6. The first-order valence-electron chi connectivity index (χ1n) is 9.29. The van der Waals surface area contributed by atoms with Crippen molar-refractivity contribution in [2.75, 3.05) is 5.32 Å².